The van der Waals surface area contributed by atoms with E-state index < -0.39 is 0 Å². The Morgan fingerprint density at radius 2 is 1.90 bits per heavy atom. The zero-order valence-corrected chi connectivity index (χ0v) is 13.7. The highest BCUT2D eigenvalue weighted by atomic mass is 79.9. The van der Waals surface area contributed by atoms with Crippen molar-refractivity contribution in [2.24, 2.45) is 0 Å². The lowest BCUT2D eigenvalue weighted by molar-refractivity contribution is 0.693. The second-order valence-electron chi connectivity index (χ2n) is 5.23. The molecule has 1 unspecified atom stereocenters. The van der Waals surface area contributed by atoms with Crippen molar-refractivity contribution in [1.82, 2.24) is 10.3 Å². The summed E-state index contributed by atoms with van der Waals surface area (Å²) in [5, 5.41) is 5.83. The molecular weight excluding hydrogens is 324 g/mol. The molecule has 0 amide bonds. The van der Waals surface area contributed by atoms with Crippen molar-refractivity contribution >= 4 is 26.7 Å². The van der Waals surface area contributed by atoms with Crippen molar-refractivity contribution in [3.05, 3.63) is 76.0 Å². The number of benzene rings is 2. The molecule has 3 aromatic rings. The predicted octanol–water partition coefficient (Wildman–Crippen LogP) is 4.61. The molecule has 2 aromatic carbocycles. The van der Waals surface area contributed by atoms with E-state index in [0.29, 0.717) is 0 Å². The second-order valence-corrected chi connectivity index (χ2v) is 6.15. The van der Waals surface area contributed by atoms with Crippen LogP contribution in [0, 0.1) is 6.92 Å². The van der Waals surface area contributed by atoms with Crippen LogP contribution in [0.2, 0.25) is 0 Å². The summed E-state index contributed by atoms with van der Waals surface area (Å²) in [6.07, 6.45) is 3.87. The van der Waals surface area contributed by atoms with Crippen LogP contribution in [0.5, 0.6) is 0 Å². The van der Waals surface area contributed by atoms with Gasteiger partial charge in [0, 0.05) is 22.3 Å². The molecule has 0 aliphatic heterocycles. The molecule has 1 aromatic heterocycles. The van der Waals surface area contributed by atoms with Gasteiger partial charge >= 0.3 is 0 Å². The van der Waals surface area contributed by atoms with Crippen LogP contribution in [0.3, 0.4) is 0 Å². The Morgan fingerprint density at radius 3 is 2.67 bits per heavy atom. The first-order chi connectivity index (χ1) is 10.2. The summed E-state index contributed by atoms with van der Waals surface area (Å²) in [5.74, 6) is 0. The second kappa shape index (κ2) is 5.96. The summed E-state index contributed by atoms with van der Waals surface area (Å²) in [4.78, 5) is 4.40. The Balaban J connectivity index is 2.18. The van der Waals surface area contributed by atoms with Gasteiger partial charge in [0.05, 0.1) is 6.04 Å². The molecule has 3 rings (SSSR count). The molecule has 0 bridgehead atoms. The fourth-order valence-corrected chi connectivity index (χ4v) is 3.43. The molecule has 0 aliphatic rings. The molecule has 0 radical (unpaired) electrons. The van der Waals surface area contributed by atoms with Crippen LogP contribution < -0.4 is 5.32 Å². The molecule has 0 saturated carbocycles. The van der Waals surface area contributed by atoms with Crippen molar-refractivity contribution in [3.8, 4) is 0 Å². The summed E-state index contributed by atoms with van der Waals surface area (Å²) in [5.41, 5.74) is 3.68. The van der Waals surface area contributed by atoms with Crippen LogP contribution in [-0.2, 0) is 0 Å². The van der Waals surface area contributed by atoms with Crippen molar-refractivity contribution < 1.29 is 0 Å². The van der Waals surface area contributed by atoms with Gasteiger partial charge in [0.25, 0.3) is 0 Å². The van der Waals surface area contributed by atoms with Gasteiger partial charge < -0.3 is 5.32 Å². The van der Waals surface area contributed by atoms with Crippen molar-refractivity contribution in [3.63, 3.8) is 0 Å². The number of pyridine rings is 1. The molecular formula is C18H17BrN2. The fraction of sp³-hybridized carbons (Fsp3) is 0.167. The lowest BCUT2D eigenvalue weighted by atomic mass is 9.95. The number of halogens is 1. The summed E-state index contributed by atoms with van der Waals surface area (Å²) < 4.78 is 1.10. The van der Waals surface area contributed by atoms with Crippen LogP contribution in [0.15, 0.2) is 59.3 Å². The molecule has 0 saturated heterocycles. The largest absolute Gasteiger partial charge is 0.309 e. The fourth-order valence-electron chi connectivity index (χ4n) is 2.80. The number of fused-ring (bicyclic) bond motifs is 1. The van der Waals surface area contributed by atoms with Crippen molar-refractivity contribution in [2.75, 3.05) is 7.05 Å². The number of aromatic nitrogens is 1. The van der Waals surface area contributed by atoms with E-state index in [2.05, 4.69) is 69.6 Å². The highest BCUT2D eigenvalue weighted by molar-refractivity contribution is 9.10. The maximum absolute atomic E-state index is 4.40. The normalized spacial score (nSPS) is 12.5. The molecule has 1 heterocycles. The third-order valence-corrected chi connectivity index (χ3v) is 4.15. The molecule has 106 valence electrons. The van der Waals surface area contributed by atoms with Gasteiger partial charge in [-0.15, -0.1) is 0 Å². The number of nitrogens with one attached hydrogen (secondary N) is 1. The minimum absolute atomic E-state index is 0.125. The quantitative estimate of drug-likeness (QED) is 0.752. The molecule has 0 aliphatic carbocycles. The summed E-state index contributed by atoms with van der Waals surface area (Å²) in [6, 6.07) is 15.0. The van der Waals surface area contributed by atoms with E-state index in [9.17, 15) is 0 Å². The number of rotatable bonds is 3. The van der Waals surface area contributed by atoms with E-state index >= 15 is 0 Å². The van der Waals surface area contributed by atoms with Gasteiger partial charge in [-0.05, 0) is 48.2 Å². The summed E-state index contributed by atoms with van der Waals surface area (Å²) in [6.45, 7) is 2.11. The minimum Gasteiger partial charge on any atom is -0.309 e. The Morgan fingerprint density at radius 1 is 1.10 bits per heavy atom. The first kappa shape index (κ1) is 14.2. The Hall–Kier alpha value is -1.71. The number of aryl methyl sites for hydroxylation is 1. The van der Waals surface area contributed by atoms with E-state index in [1.54, 1.807) is 0 Å². The van der Waals surface area contributed by atoms with Gasteiger partial charge in [0.1, 0.15) is 0 Å². The van der Waals surface area contributed by atoms with E-state index in [-0.39, 0.29) is 6.04 Å². The number of nitrogens with zero attached hydrogens (tertiary/aromatic N) is 1. The van der Waals surface area contributed by atoms with Gasteiger partial charge in [-0.1, -0.05) is 46.3 Å². The topological polar surface area (TPSA) is 24.9 Å². The van der Waals surface area contributed by atoms with E-state index in [4.69, 9.17) is 0 Å². The van der Waals surface area contributed by atoms with Crippen molar-refractivity contribution in [2.45, 2.75) is 13.0 Å². The van der Waals surface area contributed by atoms with Gasteiger partial charge in [0.2, 0.25) is 0 Å². The van der Waals surface area contributed by atoms with Crippen molar-refractivity contribution in [1.29, 1.82) is 0 Å². The molecule has 2 nitrogen and oxygen atoms in total. The SMILES string of the molecule is CNC(c1cc(C)cc(Br)c1)c1cncc2ccccc12. The van der Waals surface area contributed by atoms with Crippen LogP contribution in [0.4, 0.5) is 0 Å². The van der Waals surface area contributed by atoms with Gasteiger partial charge in [-0.3, -0.25) is 4.98 Å². The summed E-state index contributed by atoms with van der Waals surface area (Å²) in [7, 11) is 1.99. The first-order valence-corrected chi connectivity index (χ1v) is 7.75. The highest BCUT2D eigenvalue weighted by Gasteiger charge is 2.16. The third-order valence-electron chi connectivity index (χ3n) is 3.70. The zero-order valence-electron chi connectivity index (χ0n) is 12.1. The van der Waals surface area contributed by atoms with E-state index in [0.717, 1.165) is 4.47 Å². The molecule has 1 atom stereocenters. The Kier molecular flexibility index (Phi) is 4.04. The van der Waals surface area contributed by atoms with Crippen LogP contribution in [0.25, 0.3) is 10.8 Å². The van der Waals surface area contributed by atoms with Crippen LogP contribution in [0.1, 0.15) is 22.7 Å². The van der Waals surface area contributed by atoms with Gasteiger partial charge in [-0.2, -0.15) is 0 Å². The minimum atomic E-state index is 0.125. The first-order valence-electron chi connectivity index (χ1n) is 6.96. The summed E-state index contributed by atoms with van der Waals surface area (Å²) >= 11 is 3.59. The molecule has 1 N–H and O–H groups in total. The van der Waals surface area contributed by atoms with Crippen LogP contribution >= 0.6 is 15.9 Å². The monoisotopic (exact) mass is 340 g/mol. The molecule has 21 heavy (non-hydrogen) atoms. The predicted molar refractivity (Wildman–Crippen MR) is 91.5 cm³/mol. The lowest BCUT2D eigenvalue weighted by Crippen LogP contribution is -2.18. The van der Waals surface area contributed by atoms with E-state index in [1.165, 1.54) is 27.5 Å². The molecule has 0 fully saturated rings. The van der Waals surface area contributed by atoms with Crippen LogP contribution in [-0.4, -0.2) is 12.0 Å². The molecule has 0 spiro atoms. The number of hydrogen-bond donors (Lipinski definition) is 1. The maximum atomic E-state index is 4.40. The van der Waals surface area contributed by atoms with Gasteiger partial charge in [0.15, 0.2) is 0 Å². The Labute approximate surface area is 133 Å². The van der Waals surface area contributed by atoms with E-state index in [1.807, 2.05) is 25.5 Å². The maximum Gasteiger partial charge on any atom is 0.0596 e. The highest BCUT2D eigenvalue weighted by Crippen LogP contribution is 2.30. The molecule has 3 heteroatoms. The Bertz CT molecular complexity index is 758. The zero-order chi connectivity index (χ0) is 14.8. The van der Waals surface area contributed by atoms with Gasteiger partial charge in [-0.25, -0.2) is 0 Å². The standard InChI is InChI=1S/C18H17BrN2/c1-12-7-14(9-15(19)8-12)18(20-2)17-11-21-10-13-5-3-4-6-16(13)17/h3-11,18,20H,1-2H3. The smallest absolute Gasteiger partial charge is 0.0596 e. The lowest BCUT2D eigenvalue weighted by Gasteiger charge is -2.19. The number of hydrogen-bond acceptors (Lipinski definition) is 2. The average Bonchev–Trinajstić information content (AvgIpc) is 2.47. The average molecular weight is 341 g/mol. The third kappa shape index (κ3) is 2.85.